The molecular weight excluding hydrogens is 164 g/mol. The Balaban J connectivity index is 1.95. The molecule has 1 aromatic rings. The molecule has 13 heavy (non-hydrogen) atoms. The summed E-state index contributed by atoms with van der Waals surface area (Å²) in [6.07, 6.45) is 2.87. The third kappa shape index (κ3) is 2.38. The number of rotatable bonds is 4. The standard InChI is InChI=1S/C11H14O2/c1-2-12-9-3-5-10(6-4-9)13-11-7-8-11/h3-6,11H,2,7-8H2,1H3. The lowest BCUT2D eigenvalue weighted by molar-refractivity contribution is 0.301. The maximum Gasteiger partial charge on any atom is 0.119 e. The van der Waals surface area contributed by atoms with E-state index >= 15 is 0 Å². The Kier molecular flexibility index (Phi) is 2.39. The Hall–Kier alpha value is -1.18. The fourth-order valence-corrected chi connectivity index (χ4v) is 1.16. The number of hydrogen-bond acceptors (Lipinski definition) is 2. The minimum Gasteiger partial charge on any atom is -0.494 e. The summed E-state index contributed by atoms with van der Waals surface area (Å²) in [6.45, 7) is 2.69. The molecule has 0 saturated heterocycles. The Morgan fingerprint density at radius 3 is 2.31 bits per heavy atom. The molecule has 2 nitrogen and oxygen atoms in total. The third-order valence-corrected chi connectivity index (χ3v) is 1.96. The van der Waals surface area contributed by atoms with Crippen LogP contribution in [0.2, 0.25) is 0 Å². The Labute approximate surface area is 78.5 Å². The van der Waals surface area contributed by atoms with E-state index in [0.717, 1.165) is 11.5 Å². The first-order chi connectivity index (χ1) is 6.38. The monoisotopic (exact) mass is 178 g/mol. The number of ether oxygens (including phenoxy) is 2. The van der Waals surface area contributed by atoms with Crippen LogP contribution in [0.5, 0.6) is 11.5 Å². The summed E-state index contributed by atoms with van der Waals surface area (Å²) in [5, 5.41) is 0. The van der Waals surface area contributed by atoms with Crippen LogP contribution < -0.4 is 9.47 Å². The minimum atomic E-state index is 0.470. The van der Waals surface area contributed by atoms with Crippen molar-refractivity contribution in [2.75, 3.05) is 6.61 Å². The van der Waals surface area contributed by atoms with Crippen molar-refractivity contribution >= 4 is 0 Å². The van der Waals surface area contributed by atoms with E-state index in [0.29, 0.717) is 12.7 Å². The summed E-state index contributed by atoms with van der Waals surface area (Å²) in [7, 11) is 0. The summed E-state index contributed by atoms with van der Waals surface area (Å²) in [6, 6.07) is 7.81. The van der Waals surface area contributed by atoms with E-state index in [2.05, 4.69) is 0 Å². The van der Waals surface area contributed by atoms with Crippen molar-refractivity contribution in [3.63, 3.8) is 0 Å². The first kappa shape index (κ1) is 8.42. The lowest BCUT2D eigenvalue weighted by Crippen LogP contribution is -1.96. The van der Waals surface area contributed by atoms with Crippen molar-refractivity contribution in [2.45, 2.75) is 25.9 Å². The fourth-order valence-electron chi connectivity index (χ4n) is 1.16. The van der Waals surface area contributed by atoms with Gasteiger partial charge in [-0.1, -0.05) is 0 Å². The minimum absolute atomic E-state index is 0.470. The molecule has 0 unspecified atom stereocenters. The topological polar surface area (TPSA) is 18.5 Å². The Bertz CT molecular complexity index is 262. The van der Waals surface area contributed by atoms with Gasteiger partial charge in [0.1, 0.15) is 11.5 Å². The van der Waals surface area contributed by atoms with Gasteiger partial charge in [0.25, 0.3) is 0 Å². The second-order valence-corrected chi connectivity index (χ2v) is 3.22. The highest BCUT2D eigenvalue weighted by atomic mass is 16.5. The van der Waals surface area contributed by atoms with E-state index < -0.39 is 0 Å². The van der Waals surface area contributed by atoms with Gasteiger partial charge in [-0.15, -0.1) is 0 Å². The normalized spacial score (nSPS) is 15.5. The van der Waals surface area contributed by atoms with Crippen LogP contribution in [-0.4, -0.2) is 12.7 Å². The van der Waals surface area contributed by atoms with E-state index in [1.54, 1.807) is 0 Å². The van der Waals surface area contributed by atoms with Gasteiger partial charge >= 0.3 is 0 Å². The second kappa shape index (κ2) is 3.69. The molecule has 0 N–H and O–H groups in total. The lowest BCUT2D eigenvalue weighted by Gasteiger charge is -2.05. The summed E-state index contributed by atoms with van der Waals surface area (Å²) in [5.41, 5.74) is 0. The summed E-state index contributed by atoms with van der Waals surface area (Å²) >= 11 is 0. The van der Waals surface area contributed by atoms with Gasteiger partial charge in [-0.05, 0) is 44.0 Å². The van der Waals surface area contributed by atoms with Crippen molar-refractivity contribution in [2.24, 2.45) is 0 Å². The van der Waals surface area contributed by atoms with Crippen molar-refractivity contribution in [3.05, 3.63) is 24.3 Å². The average Bonchev–Trinajstić information content (AvgIpc) is 2.93. The Morgan fingerprint density at radius 1 is 1.15 bits per heavy atom. The zero-order valence-electron chi connectivity index (χ0n) is 7.82. The second-order valence-electron chi connectivity index (χ2n) is 3.22. The predicted octanol–water partition coefficient (Wildman–Crippen LogP) is 2.63. The number of hydrogen-bond donors (Lipinski definition) is 0. The van der Waals surface area contributed by atoms with E-state index in [1.807, 2.05) is 31.2 Å². The Morgan fingerprint density at radius 2 is 1.77 bits per heavy atom. The summed E-state index contributed by atoms with van der Waals surface area (Å²) in [4.78, 5) is 0. The summed E-state index contributed by atoms with van der Waals surface area (Å²) in [5.74, 6) is 1.86. The molecule has 0 radical (unpaired) electrons. The van der Waals surface area contributed by atoms with Crippen LogP contribution in [0.25, 0.3) is 0 Å². The maximum absolute atomic E-state index is 5.60. The van der Waals surface area contributed by atoms with Gasteiger partial charge in [-0.2, -0.15) is 0 Å². The van der Waals surface area contributed by atoms with Crippen molar-refractivity contribution in [1.29, 1.82) is 0 Å². The van der Waals surface area contributed by atoms with Crippen molar-refractivity contribution < 1.29 is 9.47 Å². The SMILES string of the molecule is CCOc1ccc(OC2CC2)cc1. The largest absolute Gasteiger partial charge is 0.494 e. The van der Waals surface area contributed by atoms with Crippen molar-refractivity contribution in [1.82, 2.24) is 0 Å². The molecule has 0 spiro atoms. The predicted molar refractivity (Wildman–Crippen MR) is 51.3 cm³/mol. The molecule has 0 heterocycles. The van der Waals surface area contributed by atoms with E-state index in [9.17, 15) is 0 Å². The van der Waals surface area contributed by atoms with Crippen LogP contribution in [-0.2, 0) is 0 Å². The molecule has 70 valence electrons. The third-order valence-electron chi connectivity index (χ3n) is 1.96. The number of benzene rings is 1. The zero-order chi connectivity index (χ0) is 9.10. The summed E-state index contributed by atoms with van der Waals surface area (Å²) < 4.78 is 10.9. The molecule has 0 bridgehead atoms. The first-order valence-electron chi connectivity index (χ1n) is 4.78. The molecule has 1 saturated carbocycles. The van der Waals surface area contributed by atoms with E-state index in [-0.39, 0.29) is 0 Å². The smallest absolute Gasteiger partial charge is 0.119 e. The highest BCUT2D eigenvalue weighted by Gasteiger charge is 2.23. The van der Waals surface area contributed by atoms with Crippen molar-refractivity contribution in [3.8, 4) is 11.5 Å². The van der Waals surface area contributed by atoms with Gasteiger partial charge in [0.05, 0.1) is 12.7 Å². The molecule has 1 fully saturated rings. The van der Waals surface area contributed by atoms with Crippen LogP contribution in [0.1, 0.15) is 19.8 Å². The molecule has 0 aliphatic heterocycles. The molecule has 1 aliphatic rings. The highest BCUT2D eigenvalue weighted by Crippen LogP contribution is 2.27. The quantitative estimate of drug-likeness (QED) is 0.705. The van der Waals surface area contributed by atoms with Gasteiger partial charge in [-0.25, -0.2) is 0 Å². The van der Waals surface area contributed by atoms with Crippen LogP contribution in [0, 0.1) is 0 Å². The molecule has 0 aromatic heterocycles. The first-order valence-corrected chi connectivity index (χ1v) is 4.78. The van der Waals surface area contributed by atoms with Crippen LogP contribution in [0.4, 0.5) is 0 Å². The van der Waals surface area contributed by atoms with Gasteiger partial charge < -0.3 is 9.47 Å². The van der Waals surface area contributed by atoms with Gasteiger partial charge in [0, 0.05) is 0 Å². The van der Waals surface area contributed by atoms with E-state index in [4.69, 9.17) is 9.47 Å². The molecular formula is C11H14O2. The zero-order valence-corrected chi connectivity index (χ0v) is 7.82. The maximum atomic E-state index is 5.60. The highest BCUT2D eigenvalue weighted by molar-refractivity contribution is 5.31. The molecule has 0 atom stereocenters. The molecule has 1 aliphatic carbocycles. The van der Waals surface area contributed by atoms with Gasteiger partial charge in [0.15, 0.2) is 0 Å². The van der Waals surface area contributed by atoms with Gasteiger partial charge in [0.2, 0.25) is 0 Å². The van der Waals surface area contributed by atoms with Gasteiger partial charge in [-0.3, -0.25) is 0 Å². The lowest BCUT2D eigenvalue weighted by atomic mass is 10.3. The average molecular weight is 178 g/mol. The van der Waals surface area contributed by atoms with Crippen LogP contribution >= 0.6 is 0 Å². The van der Waals surface area contributed by atoms with Crippen LogP contribution in [0.15, 0.2) is 24.3 Å². The fraction of sp³-hybridized carbons (Fsp3) is 0.455. The molecule has 2 rings (SSSR count). The van der Waals surface area contributed by atoms with Crippen LogP contribution in [0.3, 0.4) is 0 Å². The molecule has 2 heteroatoms. The molecule has 1 aromatic carbocycles. The molecule has 0 amide bonds. The van der Waals surface area contributed by atoms with E-state index in [1.165, 1.54) is 12.8 Å².